The smallest absolute Gasteiger partial charge is 0.225 e. The summed E-state index contributed by atoms with van der Waals surface area (Å²) in [6, 6.07) is 6.46. The Bertz CT molecular complexity index is 697. The molecule has 2 saturated heterocycles. The van der Waals surface area contributed by atoms with Crippen LogP contribution in [0.15, 0.2) is 24.3 Å². The minimum absolute atomic E-state index is 0.00362. The summed E-state index contributed by atoms with van der Waals surface area (Å²) < 4.78 is 13.4. The number of rotatable bonds is 3. The molecule has 2 atom stereocenters. The molecule has 1 aromatic carbocycles. The van der Waals surface area contributed by atoms with Gasteiger partial charge < -0.3 is 9.80 Å². The van der Waals surface area contributed by atoms with E-state index in [1.54, 1.807) is 6.07 Å². The second kappa shape index (κ2) is 6.11. The van der Waals surface area contributed by atoms with Crippen LogP contribution < -0.4 is 0 Å². The van der Waals surface area contributed by atoms with E-state index in [1.165, 1.54) is 12.1 Å². The van der Waals surface area contributed by atoms with E-state index in [1.807, 2.05) is 15.9 Å². The maximum Gasteiger partial charge on any atom is 0.225 e. The van der Waals surface area contributed by atoms with Crippen molar-refractivity contribution >= 4 is 11.8 Å². The molecular weight excluding hydrogens is 319 g/mol. The average Bonchev–Trinajstić information content (AvgIpc) is 3.23. The molecule has 0 aromatic heterocycles. The van der Waals surface area contributed by atoms with Crippen LogP contribution in [0.25, 0.3) is 0 Å². The van der Waals surface area contributed by atoms with Crippen molar-refractivity contribution < 1.29 is 14.0 Å². The summed E-state index contributed by atoms with van der Waals surface area (Å²) in [5.74, 6) is 0.977. The summed E-state index contributed by atoms with van der Waals surface area (Å²) in [5, 5.41) is 0. The molecule has 0 bridgehead atoms. The Balaban J connectivity index is 1.36. The minimum Gasteiger partial charge on any atom is -0.342 e. The van der Waals surface area contributed by atoms with Crippen LogP contribution in [0.3, 0.4) is 0 Å². The zero-order valence-electron chi connectivity index (χ0n) is 14.7. The Morgan fingerprint density at radius 2 is 2.04 bits per heavy atom. The van der Waals surface area contributed by atoms with Gasteiger partial charge in [0.25, 0.3) is 0 Å². The highest BCUT2D eigenvalue weighted by Crippen LogP contribution is 2.44. The van der Waals surface area contributed by atoms with Crippen LogP contribution in [0.4, 0.5) is 4.39 Å². The number of halogens is 1. The Morgan fingerprint density at radius 3 is 2.68 bits per heavy atom. The van der Waals surface area contributed by atoms with Gasteiger partial charge in [0.2, 0.25) is 11.8 Å². The molecule has 3 aliphatic rings. The maximum absolute atomic E-state index is 13.4. The number of nitrogens with zero attached hydrogens (tertiary/aromatic N) is 2. The summed E-state index contributed by atoms with van der Waals surface area (Å²) >= 11 is 0. The van der Waals surface area contributed by atoms with Gasteiger partial charge in [-0.05, 0) is 42.9 Å². The van der Waals surface area contributed by atoms with Gasteiger partial charge in [0.1, 0.15) is 5.82 Å². The number of hydrogen-bond donors (Lipinski definition) is 0. The molecule has 2 amide bonds. The molecule has 0 radical (unpaired) electrons. The first-order chi connectivity index (χ1) is 12.0. The van der Waals surface area contributed by atoms with Crippen molar-refractivity contribution in [2.24, 2.45) is 17.3 Å². The number of amides is 2. The minimum atomic E-state index is -0.264. The lowest BCUT2D eigenvalue weighted by atomic mass is 9.77. The van der Waals surface area contributed by atoms with E-state index in [4.69, 9.17) is 0 Å². The van der Waals surface area contributed by atoms with E-state index < -0.39 is 0 Å². The molecule has 1 aromatic rings. The van der Waals surface area contributed by atoms with Gasteiger partial charge in [-0.25, -0.2) is 4.39 Å². The summed E-state index contributed by atoms with van der Waals surface area (Å²) in [4.78, 5) is 28.7. The first-order valence-corrected chi connectivity index (χ1v) is 9.27. The van der Waals surface area contributed by atoms with Crippen molar-refractivity contribution in [1.29, 1.82) is 0 Å². The van der Waals surface area contributed by atoms with Gasteiger partial charge >= 0.3 is 0 Å². The van der Waals surface area contributed by atoms with Crippen LogP contribution in [0.2, 0.25) is 0 Å². The molecule has 2 heterocycles. The van der Waals surface area contributed by atoms with Crippen molar-refractivity contribution in [3.63, 3.8) is 0 Å². The van der Waals surface area contributed by atoms with E-state index in [0.717, 1.165) is 44.5 Å². The molecular formula is C20H25FN2O2. The number of benzene rings is 1. The Kier molecular flexibility index (Phi) is 4.05. The van der Waals surface area contributed by atoms with Gasteiger partial charge in [-0.1, -0.05) is 19.1 Å². The van der Waals surface area contributed by atoms with Crippen molar-refractivity contribution in [2.75, 3.05) is 19.6 Å². The molecule has 1 aliphatic carbocycles. The van der Waals surface area contributed by atoms with Crippen LogP contribution >= 0.6 is 0 Å². The van der Waals surface area contributed by atoms with Crippen LogP contribution in [-0.2, 0) is 16.1 Å². The fraction of sp³-hybridized carbons (Fsp3) is 0.600. The van der Waals surface area contributed by atoms with Crippen LogP contribution in [0, 0.1) is 23.1 Å². The maximum atomic E-state index is 13.4. The molecule has 2 aliphatic heterocycles. The van der Waals surface area contributed by atoms with Crippen molar-refractivity contribution in [2.45, 2.75) is 39.2 Å². The van der Waals surface area contributed by atoms with E-state index in [-0.39, 0.29) is 23.1 Å². The molecule has 0 N–H and O–H groups in total. The monoisotopic (exact) mass is 344 g/mol. The van der Waals surface area contributed by atoms with Gasteiger partial charge in [-0.15, -0.1) is 0 Å². The van der Waals surface area contributed by atoms with Crippen LogP contribution in [0.5, 0.6) is 0 Å². The number of hydrogen-bond acceptors (Lipinski definition) is 2. The molecule has 1 spiro atoms. The van der Waals surface area contributed by atoms with Gasteiger partial charge in [0.15, 0.2) is 0 Å². The SMILES string of the molecule is C[C@@H]1C[C@H]1C(=O)N1CCC2(CC1)CC(=O)N(Cc1cccc(F)c1)C2. The third-order valence-electron chi connectivity index (χ3n) is 6.23. The average molecular weight is 344 g/mol. The Labute approximate surface area is 148 Å². The van der Waals surface area contributed by atoms with Crippen molar-refractivity contribution in [1.82, 2.24) is 9.80 Å². The lowest BCUT2D eigenvalue weighted by Crippen LogP contribution is -2.45. The fourth-order valence-corrected chi connectivity index (χ4v) is 4.42. The Hall–Kier alpha value is -1.91. The highest BCUT2D eigenvalue weighted by atomic mass is 19.1. The largest absolute Gasteiger partial charge is 0.342 e. The number of likely N-dealkylation sites (tertiary alicyclic amines) is 2. The van der Waals surface area contributed by atoms with Crippen molar-refractivity contribution in [3.05, 3.63) is 35.6 Å². The highest BCUT2D eigenvalue weighted by molar-refractivity contribution is 5.82. The van der Waals surface area contributed by atoms with Crippen LogP contribution in [0.1, 0.15) is 38.2 Å². The third-order valence-corrected chi connectivity index (χ3v) is 6.23. The molecule has 1 saturated carbocycles. The fourth-order valence-electron chi connectivity index (χ4n) is 4.42. The third kappa shape index (κ3) is 3.29. The molecule has 4 rings (SSSR count). The topological polar surface area (TPSA) is 40.6 Å². The first-order valence-electron chi connectivity index (χ1n) is 9.27. The van der Waals surface area contributed by atoms with Gasteiger partial charge in [0.05, 0.1) is 0 Å². The van der Waals surface area contributed by atoms with Crippen molar-refractivity contribution in [3.8, 4) is 0 Å². The number of carbonyl (C=O) groups excluding carboxylic acids is 2. The number of carbonyl (C=O) groups is 2. The second-order valence-electron chi connectivity index (χ2n) is 8.20. The summed E-state index contributed by atoms with van der Waals surface area (Å²) in [5.41, 5.74) is 0.830. The summed E-state index contributed by atoms with van der Waals surface area (Å²) in [7, 11) is 0. The molecule has 4 nitrogen and oxygen atoms in total. The molecule has 0 unspecified atom stereocenters. The molecule has 3 fully saturated rings. The number of piperidine rings is 1. The summed E-state index contributed by atoms with van der Waals surface area (Å²) in [6.45, 7) is 4.87. The quantitative estimate of drug-likeness (QED) is 0.846. The van der Waals surface area contributed by atoms with E-state index >= 15 is 0 Å². The van der Waals surface area contributed by atoms with Gasteiger partial charge in [-0.3, -0.25) is 9.59 Å². The molecule has 134 valence electrons. The van der Waals surface area contributed by atoms with E-state index in [9.17, 15) is 14.0 Å². The van der Waals surface area contributed by atoms with Gasteiger partial charge in [-0.2, -0.15) is 0 Å². The predicted molar refractivity (Wildman–Crippen MR) is 92.0 cm³/mol. The lowest BCUT2D eigenvalue weighted by Gasteiger charge is -2.39. The van der Waals surface area contributed by atoms with E-state index in [0.29, 0.717) is 24.8 Å². The highest BCUT2D eigenvalue weighted by Gasteiger charge is 2.47. The lowest BCUT2D eigenvalue weighted by molar-refractivity contribution is -0.135. The van der Waals surface area contributed by atoms with Gasteiger partial charge in [0, 0.05) is 43.9 Å². The molecule has 5 heteroatoms. The second-order valence-corrected chi connectivity index (χ2v) is 8.20. The van der Waals surface area contributed by atoms with Crippen LogP contribution in [-0.4, -0.2) is 41.2 Å². The zero-order valence-corrected chi connectivity index (χ0v) is 14.7. The zero-order chi connectivity index (χ0) is 17.6. The summed E-state index contributed by atoms with van der Waals surface area (Å²) in [6.07, 6.45) is 3.38. The predicted octanol–water partition coefficient (Wildman–Crippen LogP) is 2.82. The Morgan fingerprint density at radius 1 is 1.32 bits per heavy atom. The van der Waals surface area contributed by atoms with E-state index in [2.05, 4.69) is 6.92 Å². The normalized spacial score (nSPS) is 27.8. The first kappa shape index (κ1) is 16.6. The molecule has 25 heavy (non-hydrogen) atoms. The standard InChI is InChI=1S/C20H25FN2O2/c1-14-9-17(14)19(25)22-7-5-20(6-8-22)11-18(24)23(13-20)12-15-3-2-4-16(21)10-15/h2-4,10,14,17H,5-9,11-13H2,1H3/t14-,17-/m1/s1.